The van der Waals surface area contributed by atoms with E-state index in [1.165, 1.54) is 24.3 Å². The third-order valence-corrected chi connectivity index (χ3v) is 7.15. The number of sulfone groups is 1. The molecular formula is C23H17NO7S. The van der Waals surface area contributed by atoms with E-state index in [-0.39, 0.29) is 34.4 Å². The zero-order chi connectivity index (χ0) is 22.9. The highest BCUT2D eigenvalue weighted by atomic mass is 32.2. The average molecular weight is 451 g/mol. The maximum atomic E-state index is 13.4. The Balaban J connectivity index is 1.67. The summed E-state index contributed by atoms with van der Waals surface area (Å²) in [6.07, 6.45) is 0.676. The molecule has 2 amide bonds. The fourth-order valence-electron chi connectivity index (χ4n) is 3.60. The van der Waals surface area contributed by atoms with Crippen LogP contribution in [-0.4, -0.2) is 32.0 Å². The molecule has 2 heterocycles. The van der Waals surface area contributed by atoms with Gasteiger partial charge >= 0.3 is 5.97 Å². The first-order valence-corrected chi connectivity index (χ1v) is 11.2. The predicted molar refractivity (Wildman–Crippen MR) is 113 cm³/mol. The third-order valence-electron chi connectivity index (χ3n) is 5.05. The highest BCUT2D eigenvalue weighted by Gasteiger charge is 2.50. The number of carbonyl (C=O) groups is 4. The van der Waals surface area contributed by atoms with Crippen LogP contribution < -0.4 is 5.32 Å². The number of carbonyl (C=O) groups excluding carboxylic acids is 4. The first-order chi connectivity index (χ1) is 15.3. The number of nitrogens with one attached hydrogen (secondary N) is 1. The molecule has 2 aliphatic heterocycles. The lowest BCUT2D eigenvalue weighted by atomic mass is 10.1. The third kappa shape index (κ3) is 3.90. The van der Waals surface area contributed by atoms with Gasteiger partial charge < -0.3 is 4.74 Å². The van der Waals surface area contributed by atoms with Crippen LogP contribution in [0.3, 0.4) is 0 Å². The van der Waals surface area contributed by atoms with Crippen LogP contribution in [0.15, 0.2) is 78.1 Å². The van der Waals surface area contributed by atoms with Crippen molar-refractivity contribution < 1.29 is 32.3 Å². The van der Waals surface area contributed by atoms with E-state index in [2.05, 4.69) is 5.32 Å². The van der Waals surface area contributed by atoms with Gasteiger partial charge in [0.25, 0.3) is 11.8 Å². The Labute approximate surface area is 183 Å². The fourth-order valence-corrected chi connectivity index (χ4v) is 5.60. The molecule has 9 heteroatoms. The molecule has 2 aliphatic rings. The van der Waals surface area contributed by atoms with Crippen molar-refractivity contribution in [2.45, 2.75) is 18.1 Å². The van der Waals surface area contributed by atoms with Crippen LogP contribution in [0.1, 0.15) is 29.2 Å². The second-order valence-electron chi connectivity index (χ2n) is 7.19. The molecule has 4 rings (SSSR count). The predicted octanol–water partition coefficient (Wildman–Crippen LogP) is 2.00. The van der Waals surface area contributed by atoms with Crippen molar-refractivity contribution in [3.63, 3.8) is 0 Å². The zero-order valence-electron chi connectivity index (χ0n) is 16.6. The van der Waals surface area contributed by atoms with E-state index in [1.807, 2.05) is 0 Å². The maximum absolute atomic E-state index is 13.4. The molecule has 8 nitrogen and oxygen atoms in total. The summed E-state index contributed by atoms with van der Waals surface area (Å²) in [5.41, 5.74) is 0.602. The van der Waals surface area contributed by atoms with Gasteiger partial charge in [0.1, 0.15) is 4.91 Å². The molecule has 162 valence electrons. The number of allylic oxidation sites excluding steroid dienone is 1. The summed E-state index contributed by atoms with van der Waals surface area (Å²) in [6, 6.07) is 15.9. The second kappa shape index (κ2) is 8.35. The van der Waals surface area contributed by atoms with Crippen LogP contribution in [0.4, 0.5) is 0 Å². The monoisotopic (exact) mass is 451 g/mol. The lowest BCUT2D eigenvalue weighted by Crippen LogP contribution is -2.22. The lowest BCUT2D eigenvalue weighted by molar-refractivity contribution is -0.142. The normalized spacial score (nSPS) is 19.7. The van der Waals surface area contributed by atoms with Crippen molar-refractivity contribution >= 4 is 38.3 Å². The van der Waals surface area contributed by atoms with Gasteiger partial charge in [-0.1, -0.05) is 60.7 Å². The van der Waals surface area contributed by atoms with E-state index < -0.39 is 44.4 Å². The molecule has 32 heavy (non-hydrogen) atoms. The summed E-state index contributed by atoms with van der Waals surface area (Å²) in [7, 11) is -4.19. The minimum atomic E-state index is -4.19. The topological polar surface area (TPSA) is 124 Å². The SMILES string of the molecule is O=C1C=C(CCC(=O)OC2=C(c3ccccc3)S(=O)(=O)C(c3ccccc3)C2=O)C(=O)N1. The van der Waals surface area contributed by atoms with Crippen LogP contribution in [0, 0.1) is 0 Å². The number of amides is 2. The van der Waals surface area contributed by atoms with Crippen LogP contribution in [-0.2, 0) is 33.8 Å². The van der Waals surface area contributed by atoms with Crippen molar-refractivity contribution in [3.8, 4) is 0 Å². The maximum Gasteiger partial charge on any atom is 0.311 e. The van der Waals surface area contributed by atoms with E-state index in [1.54, 1.807) is 36.4 Å². The van der Waals surface area contributed by atoms with Gasteiger partial charge in [0.2, 0.25) is 5.78 Å². The van der Waals surface area contributed by atoms with Gasteiger partial charge in [-0.05, 0) is 17.5 Å². The van der Waals surface area contributed by atoms with Gasteiger partial charge in [-0.2, -0.15) is 0 Å². The second-order valence-corrected chi connectivity index (χ2v) is 9.16. The smallest absolute Gasteiger partial charge is 0.311 e. The van der Waals surface area contributed by atoms with E-state index >= 15 is 0 Å². The number of rotatable bonds is 6. The largest absolute Gasteiger partial charge is 0.421 e. The van der Waals surface area contributed by atoms with E-state index in [0.717, 1.165) is 6.08 Å². The summed E-state index contributed by atoms with van der Waals surface area (Å²) in [4.78, 5) is 48.1. The summed E-state index contributed by atoms with van der Waals surface area (Å²) in [5.74, 6) is -3.45. The number of benzene rings is 2. The van der Waals surface area contributed by atoms with Crippen molar-refractivity contribution in [2.24, 2.45) is 0 Å². The molecule has 2 aromatic carbocycles. The van der Waals surface area contributed by atoms with Crippen LogP contribution in [0.25, 0.3) is 4.91 Å². The van der Waals surface area contributed by atoms with E-state index in [0.29, 0.717) is 0 Å². The summed E-state index contributed by atoms with van der Waals surface area (Å²) in [6.45, 7) is 0. The fraction of sp³-hybridized carbons (Fsp3) is 0.130. The number of hydrogen-bond donors (Lipinski definition) is 1. The number of ether oxygens (including phenoxy) is 1. The molecule has 0 aromatic heterocycles. The molecule has 0 bridgehead atoms. The minimum Gasteiger partial charge on any atom is -0.421 e. The van der Waals surface area contributed by atoms with Gasteiger partial charge in [0.15, 0.2) is 20.8 Å². The molecule has 2 aromatic rings. The van der Waals surface area contributed by atoms with Gasteiger partial charge in [-0.15, -0.1) is 0 Å². The van der Waals surface area contributed by atoms with E-state index in [9.17, 15) is 27.6 Å². The Bertz CT molecular complexity index is 1290. The number of esters is 1. The first-order valence-electron chi connectivity index (χ1n) is 9.68. The quantitative estimate of drug-likeness (QED) is 0.526. The molecule has 1 N–H and O–H groups in total. The number of Topliss-reactive ketones (excluding diaryl/α,β-unsaturated/α-hetero) is 1. The molecule has 1 atom stereocenters. The zero-order valence-corrected chi connectivity index (χ0v) is 17.4. The average Bonchev–Trinajstić information content (AvgIpc) is 3.19. The Kier molecular flexibility index (Phi) is 5.58. The first kappa shape index (κ1) is 21.4. The molecule has 0 aliphatic carbocycles. The molecule has 0 saturated heterocycles. The molecule has 0 saturated carbocycles. The standard InChI is InChI=1S/C23H17NO7S/c25-17-13-16(23(28)24-17)11-12-18(26)31-20-19(27)21(14-7-3-1-4-8-14)32(29,30)22(20)15-9-5-2-6-10-15/h1-10,13,21H,11-12H2,(H,24,25,28). The molecule has 0 radical (unpaired) electrons. The number of hydrogen-bond acceptors (Lipinski definition) is 7. The molecular weight excluding hydrogens is 434 g/mol. The van der Waals surface area contributed by atoms with E-state index in [4.69, 9.17) is 4.74 Å². The van der Waals surface area contributed by atoms with Crippen molar-refractivity contribution in [1.29, 1.82) is 0 Å². The number of ketones is 1. The molecule has 1 unspecified atom stereocenters. The van der Waals surface area contributed by atoms with Crippen molar-refractivity contribution in [2.75, 3.05) is 0 Å². The van der Waals surface area contributed by atoms with Crippen molar-refractivity contribution in [3.05, 3.63) is 89.2 Å². The summed E-state index contributed by atoms with van der Waals surface area (Å²) >= 11 is 0. The Morgan fingerprint density at radius 3 is 2.16 bits per heavy atom. The number of imide groups is 1. The van der Waals surface area contributed by atoms with Gasteiger partial charge in [-0.25, -0.2) is 8.42 Å². The Hall–Kier alpha value is -3.85. The Morgan fingerprint density at radius 2 is 1.56 bits per heavy atom. The highest BCUT2D eigenvalue weighted by molar-refractivity contribution is 8.02. The van der Waals surface area contributed by atoms with Gasteiger partial charge in [0.05, 0.1) is 6.42 Å². The Morgan fingerprint density at radius 1 is 0.938 bits per heavy atom. The lowest BCUT2D eigenvalue weighted by Gasteiger charge is -2.10. The minimum absolute atomic E-state index is 0.0899. The molecule has 0 spiro atoms. The van der Waals surface area contributed by atoms with Crippen LogP contribution in [0.5, 0.6) is 0 Å². The van der Waals surface area contributed by atoms with Crippen LogP contribution >= 0.6 is 0 Å². The van der Waals surface area contributed by atoms with Gasteiger partial charge in [0, 0.05) is 11.6 Å². The van der Waals surface area contributed by atoms with Crippen LogP contribution in [0.2, 0.25) is 0 Å². The van der Waals surface area contributed by atoms with Gasteiger partial charge in [-0.3, -0.25) is 24.5 Å². The molecule has 0 fully saturated rings. The van der Waals surface area contributed by atoms with Crippen molar-refractivity contribution in [1.82, 2.24) is 5.32 Å². The summed E-state index contributed by atoms with van der Waals surface area (Å²) in [5, 5.41) is 0.543. The summed E-state index contributed by atoms with van der Waals surface area (Å²) < 4.78 is 32.0. The highest BCUT2D eigenvalue weighted by Crippen LogP contribution is 2.44.